The third-order valence-electron chi connectivity index (χ3n) is 2.86. The minimum Gasteiger partial charge on any atom is -0.484 e. The molecule has 0 spiro atoms. The van der Waals surface area contributed by atoms with Crippen molar-refractivity contribution < 1.29 is 19.1 Å². The summed E-state index contributed by atoms with van der Waals surface area (Å²) in [5.41, 5.74) is 1.05. The Balaban J connectivity index is 1.93. The summed E-state index contributed by atoms with van der Waals surface area (Å²) in [5, 5.41) is 2.74. The molecule has 0 aromatic heterocycles. The fourth-order valence-electron chi connectivity index (χ4n) is 1.83. The summed E-state index contributed by atoms with van der Waals surface area (Å²) >= 11 is 3.35. The van der Waals surface area contributed by atoms with Gasteiger partial charge in [0.2, 0.25) is 0 Å². The third-order valence-corrected chi connectivity index (χ3v) is 3.55. The van der Waals surface area contributed by atoms with Crippen molar-refractivity contribution in [2.75, 3.05) is 18.5 Å². The van der Waals surface area contributed by atoms with Gasteiger partial charge < -0.3 is 14.8 Å². The monoisotopic (exact) mass is 377 g/mol. The molecule has 1 N–H and O–H groups in total. The number of carbonyl (C=O) groups excluding carboxylic acids is 2. The number of hydrogen-bond acceptors (Lipinski definition) is 4. The molecule has 0 heterocycles. The summed E-state index contributed by atoms with van der Waals surface area (Å²) in [4.78, 5) is 23.6. The number of benzene rings is 2. The van der Waals surface area contributed by atoms with Gasteiger partial charge in [-0.05, 0) is 53.2 Å². The Kier molecular flexibility index (Phi) is 6.17. The molecule has 2 aromatic rings. The van der Waals surface area contributed by atoms with Crippen LogP contribution in [0.4, 0.5) is 5.69 Å². The molecular formula is C17H16BrNO4. The Labute approximate surface area is 142 Å². The zero-order valence-electron chi connectivity index (χ0n) is 12.5. The SMILES string of the molecule is CCOC(=O)c1cccc(OCC(=O)Nc2ccccc2Br)c1. The summed E-state index contributed by atoms with van der Waals surface area (Å²) < 4.78 is 11.1. The van der Waals surface area contributed by atoms with E-state index in [1.807, 2.05) is 18.2 Å². The van der Waals surface area contributed by atoms with E-state index in [4.69, 9.17) is 9.47 Å². The van der Waals surface area contributed by atoms with Crippen LogP contribution >= 0.6 is 15.9 Å². The molecule has 0 atom stereocenters. The molecular weight excluding hydrogens is 362 g/mol. The number of anilines is 1. The molecule has 2 rings (SSSR count). The Morgan fingerprint density at radius 3 is 2.65 bits per heavy atom. The molecule has 1 amide bonds. The molecule has 0 aliphatic heterocycles. The Morgan fingerprint density at radius 1 is 1.13 bits per heavy atom. The van der Waals surface area contributed by atoms with Gasteiger partial charge in [-0.2, -0.15) is 0 Å². The summed E-state index contributed by atoms with van der Waals surface area (Å²) in [5.74, 6) is -0.285. The van der Waals surface area contributed by atoms with Crippen LogP contribution in [0.5, 0.6) is 5.75 Å². The van der Waals surface area contributed by atoms with Crippen molar-refractivity contribution in [1.29, 1.82) is 0 Å². The van der Waals surface area contributed by atoms with Crippen LogP contribution in [0.3, 0.4) is 0 Å². The zero-order chi connectivity index (χ0) is 16.7. The van der Waals surface area contributed by atoms with Crippen LogP contribution in [0.2, 0.25) is 0 Å². The van der Waals surface area contributed by atoms with Gasteiger partial charge in [0.05, 0.1) is 17.9 Å². The van der Waals surface area contributed by atoms with E-state index in [1.54, 1.807) is 37.3 Å². The Bertz CT molecular complexity index is 702. The van der Waals surface area contributed by atoms with Crippen molar-refractivity contribution in [3.8, 4) is 5.75 Å². The number of nitrogens with one attached hydrogen (secondary N) is 1. The van der Waals surface area contributed by atoms with E-state index >= 15 is 0 Å². The smallest absolute Gasteiger partial charge is 0.338 e. The Hall–Kier alpha value is -2.34. The van der Waals surface area contributed by atoms with Gasteiger partial charge in [0.1, 0.15) is 5.75 Å². The van der Waals surface area contributed by atoms with Gasteiger partial charge in [-0.3, -0.25) is 4.79 Å². The van der Waals surface area contributed by atoms with Gasteiger partial charge in [-0.25, -0.2) is 4.79 Å². The van der Waals surface area contributed by atoms with E-state index in [9.17, 15) is 9.59 Å². The predicted octanol–water partition coefficient (Wildman–Crippen LogP) is 3.64. The summed E-state index contributed by atoms with van der Waals surface area (Å²) in [7, 11) is 0. The second kappa shape index (κ2) is 8.33. The molecule has 0 saturated carbocycles. The van der Waals surface area contributed by atoms with Crippen LogP contribution in [0.25, 0.3) is 0 Å². The second-order valence-corrected chi connectivity index (χ2v) is 5.42. The van der Waals surface area contributed by atoms with Crippen molar-refractivity contribution in [2.24, 2.45) is 0 Å². The quantitative estimate of drug-likeness (QED) is 0.780. The van der Waals surface area contributed by atoms with Gasteiger partial charge in [-0.1, -0.05) is 18.2 Å². The number of carbonyl (C=O) groups is 2. The first-order chi connectivity index (χ1) is 11.1. The normalized spacial score (nSPS) is 10.0. The standard InChI is InChI=1S/C17H16BrNO4/c1-2-22-17(21)12-6-5-7-13(10-12)23-11-16(20)19-15-9-4-3-8-14(15)18/h3-10H,2,11H2,1H3,(H,19,20). The molecule has 0 aliphatic rings. The molecule has 0 aliphatic carbocycles. The number of esters is 1. The summed E-state index contributed by atoms with van der Waals surface area (Å²) in [6.07, 6.45) is 0. The highest BCUT2D eigenvalue weighted by atomic mass is 79.9. The molecule has 0 saturated heterocycles. The van der Waals surface area contributed by atoms with Crippen molar-refractivity contribution in [3.63, 3.8) is 0 Å². The highest BCUT2D eigenvalue weighted by Crippen LogP contribution is 2.21. The topological polar surface area (TPSA) is 64.6 Å². The van der Waals surface area contributed by atoms with E-state index in [2.05, 4.69) is 21.2 Å². The third kappa shape index (κ3) is 5.10. The van der Waals surface area contributed by atoms with Gasteiger partial charge in [0.15, 0.2) is 6.61 Å². The molecule has 23 heavy (non-hydrogen) atoms. The molecule has 0 fully saturated rings. The molecule has 0 radical (unpaired) electrons. The van der Waals surface area contributed by atoms with Gasteiger partial charge in [0, 0.05) is 4.47 Å². The average molecular weight is 378 g/mol. The van der Waals surface area contributed by atoms with Crippen LogP contribution in [0, 0.1) is 0 Å². The lowest BCUT2D eigenvalue weighted by Crippen LogP contribution is -2.20. The van der Waals surface area contributed by atoms with E-state index < -0.39 is 5.97 Å². The molecule has 0 bridgehead atoms. The van der Waals surface area contributed by atoms with E-state index in [-0.39, 0.29) is 12.5 Å². The number of para-hydroxylation sites is 1. The number of hydrogen-bond donors (Lipinski definition) is 1. The average Bonchev–Trinajstić information content (AvgIpc) is 2.56. The predicted molar refractivity (Wildman–Crippen MR) is 90.7 cm³/mol. The highest BCUT2D eigenvalue weighted by molar-refractivity contribution is 9.10. The zero-order valence-corrected chi connectivity index (χ0v) is 14.1. The first-order valence-corrected chi connectivity index (χ1v) is 7.84. The molecule has 120 valence electrons. The maximum absolute atomic E-state index is 11.9. The summed E-state index contributed by atoms with van der Waals surface area (Å²) in [6, 6.07) is 13.8. The van der Waals surface area contributed by atoms with Crippen LogP contribution in [0.15, 0.2) is 53.0 Å². The number of amides is 1. The van der Waals surface area contributed by atoms with Gasteiger partial charge in [0.25, 0.3) is 5.91 Å². The Morgan fingerprint density at radius 2 is 1.91 bits per heavy atom. The van der Waals surface area contributed by atoms with Crippen molar-refractivity contribution in [2.45, 2.75) is 6.92 Å². The molecule has 2 aromatic carbocycles. The van der Waals surface area contributed by atoms with Crippen molar-refractivity contribution in [3.05, 3.63) is 58.6 Å². The van der Waals surface area contributed by atoms with Gasteiger partial charge >= 0.3 is 5.97 Å². The van der Waals surface area contributed by atoms with Crippen molar-refractivity contribution >= 4 is 33.5 Å². The lowest BCUT2D eigenvalue weighted by molar-refractivity contribution is -0.118. The summed E-state index contributed by atoms with van der Waals surface area (Å²) in [6.45, 7) is 1.89. The van der Waals surface area contributed by atoms with Crippen molar-refractivity contribution in [1.82, 2.24) is 0 Å². The fraction of sp³-hybridized carbons (Fsp3) is 0.176. The fourth-order valence-corrected chi connectivity index (χ4v) is 2.21. The first-order valence-electron chi connectivity index (χ1n) is 7.04. The lowest BCUT2D eigenvalue weighted by Gasteiger charge is -2.09. The molecule has 0 unspecified atom stereocenters. The minimum absolute atomic E-state index is 0.159. The largest absolute Gasteiger partial charge is 0.484 e. The maximum Gasteiger partial charge on any atom is 0.338 e. The van der Waals surface area contributed by atoms with Crippen LogP contribution in [0.1, 0.15) is 17.3 Å². The number of rotatable bonds is 6. The lowest BCUT2D eigenvalue weighted by atomic mass is 10.2. The van der Waals surface area contributed by atoms with E-state index in [1.165, 1.54) is 0 Å². The van der Waals surface area contributed by atoms with E-state index in [0.717, 1.165) is 4.47 Å². The maximum atomic E-state index is 11.9. The van der Waals surface area contributed by atoms with Crippen LogP contribution in [-0.2, 0) is 9.53 Å². The number of ether oxygens (including phenoxy) is 2. The minimum atomic E-state index is -0.421. The highest BCUT2D eigenvalue weighted by Gasteiger charge is 2.09. The first kappa shape index (κ1) is 17.0. The molecule has 6 heteroatoms. The number of halogens is 1. The second-order valence-electron chi connectivity index (χ2n) is 4.56. The van der Waals surface area contributed by atoms with E-state index in [0.29, 0.717) is 23.6 Å². The van der Waals surface area contributed by atoms with Gasteiger partial charge in [-0.15, -0.1) is 0 Å². The van der Waals surface area contributed by atoms with Crippen LogP contribution < -0.4 is 10.1 Å². The van der Waals surface area contributed by atoms with Crippen LogP contribution in [-0.4, -0.2) is 25.1 Å². The molecule has 5 nitrogen and oxygen atoms in total.